The molecule has 2 heterocycles. The maximum atomic E-state index is 13.9. The predicted octanol–water partition coefficient (Wildman–Crippen LogP) is 5.61. The number of rotatable bonds is 5. The number of nitrogens with zero attached hydrogens (tertiary/aromatic N) is 1. The largest absolute Gasteiger partial charge is 0.494 e. The molecule has 0 bridgehead atoms. The molecule has 33 heavy (non-hydrogen) atoms. The third kappa shape index (κ3) is 3.55. The molecule has 0 radical (unpaired) electrons. The van der Waals surface area contributed by atoms with E-state index in [0.717, 1.165) is 12.5 Å². The van der Waals surface area contributed by atoms with Gasteiger partial charge in [0.2, 0.25) is 5.76 Å². The van der Waals surface area contributed by atoms with Gasteiger partial charge in [-0.3, -0.25) is 14.5 Å². The molecule has 7 heteroatoms. The summed E-state index contributed by atoms with van der Waals surface area (Å²) < 4.78 is 38.9. The predicted molar refractivity (Wildman–Crippen MR) is 120 cm³/mol. The third-order valence-corrected chi connectivity index (χ3v) is 5.61. The van der Waals surface area contributed by atoms with Crippen molar-refractivity contribution in [3.63, 3.8) is 0 Å². The lowest BCUT2D eigenvalue weighted by Gasteiger charge is -2.25. The van der Waals surface area contributed by atoms with Gasteiger partial charge in [-0.1, -0.05) is 19.1 Å². The van der Waals surface area contributed by atoms with E-state index in [1.807, 2.05) is 6.92 Å². The van der Waals surface area contributed by atoms with Gasteiger partial charge in [0.05, 0.1) is 23.6 Å². The summed E-state index contributed by atoms with van der Waals surface area (Å²) in [5, 5.41) is 0.0513. The molecule has 1 aliphatic rings. The Morgan fingerprint density at radius 1 is 0.939 bits per heavy atom. The number of fused-ring (bicyclic) bond motifs is 2. The van der Waals surface area contributed by atoms with Crippen LogP contribution in [0.4, 0.5) is 14.5 Å². The van der Waals surface area contributed by atoms with Crippen molar-refractivity contribution in [2.75, 3.05) is 11.5 Å². The minimum absolute atomic E-state index is 0.0513. The molecule has 4 aromatic rings. The quantitative estimate of drug-likeness (QED) is 0.399. The van der Waals surface area contributed by atoms with Crippen molar-refractivity contribution in [1.29, 1.82) is 0 Å². The average molecular weight is 447 g/mol. The molecule has 0 saturated carbocycles. The van der Waals surface area contributed by atoms with Gasteiger partial charge in [-0.15, -0.1) is 0 Å². The fourth-order valence-electron chi connectivity index (χ4n) is 4.09. The van der Waals surface area contributed by atoms with Crippen LogP contribution in [0.25, 0.3) is 11.0 Å². The van der Waals surface area contributed by atoms with E-state index in [1.54, 1.807) is 24.3 Å². The number of anilines is 1. The van der Waals surface area contributed by atoms with E-state index in [4.69, 9.17) is 9.15 Å². The first kappa shape index (κ1) is 20.9. The Kier molecular flexibility index (Phi) is 5.17. The Bertz CT molecular complexity index is 1410. The van der Waals surface area contributed by atoms with Crippen molar-refractivity contribution >= 4 is 22.6 Å². The summed E-state index contributed by atoms with van der Waals surface area (Å²) in [7, 11) is 0. The molecule has 0 N–H and O–H groups in total. The van der Waals surface area contributed by atoms with Gasteiger partial charge in [0.1, 0.15) is 23.0 Å². The molecular formula is C26H19F2NO4. The minimum atomic E-state index is -0.831. The van der Waals surface area contributed by atoms with E-state index in [0.29, 0.717) is 23.6 Å². The van der Waals surface area contributed by atoms with Crippen molar-refractivity contribution in [1.82, 2.24) is 0 Å². The molecule has 1 unspecified atom stereocenters. The van der Waals surface area contributed by atoms with E-state index >= 15 is 0 Å². The zero-order valence-corrected chi connectivity index (χ0v) is 17.7. The van der Waals surface area contributed by atoms with Gasteiger partial charge >= 0.3 is 0 Å². The Balaban J connectivity index is 1.72. The normalized spacial score (nSPS) is 15.2. The number of hydrogen-bond donors (Lipinski definition) is 0. The van der Waals surface area contributed by atoms with Crippen LogP contribution < -0.4 is 15.1 Å². The van der Waals surface area contributed by atoms with Crippen LogP contribution in [0.5, 0.6) is 5.75 Å². The lowest BCUT2D eigenvalue weighted by atomic mass is 9.98. The Labute approximate surface area is 187 Å². The Hall–Kier alpha value is -4.00. The van der Waals surface area contributed by atoms with E-state index in [-0.39, 0.29) is 22.3 Å². The number of carbonyl (C=O) groups excluding carboxylic acids is 1. The number of amides is 1. The molecule has 5 rings (SSSR count). The molecule has 3 aromatic carbocycles. The number of ether oxygens (including phenoxy) is 1. The van der Waals surface area contributed by atoms with Gasteiger partial charge in [0.25, 0.3) is 5.91 Å². The number of benzene rings is 3. The first-order valence-corrected chi connectivity index (χ1v) is 10.6. The summed E-state index contributed by atoms with van der Waals surface area (Å²) in [4.78, 5) is 28.3. The number of hydrogen-bond acceptors (Lipinski definition) is 4. The molecule has 1 aliphatic heterocycles. The second-order valence-corrected chi connectivity index (χ2v) is 7.79. The van der Waals surface area contributed by atoms with Crippen molar-refractivity contribution in [3.8, 4) is 5.75 Å². The topological polar surface area (TPSA) is 59.8 Å². The fourth-order valence-corrected chi connectivity index (χ4v) is 4.09. The molecule has 166 valence electrons. The highest BCUT2D eigenvalue weighted by Gasteiger charge is 2.43. The molecule has 1 atom stereocenters. The molecule has 1 aromatic heterocycles. The van der Waals surface area contributed by atoms with Crippen LogP contribution in [0.1, 0.15) is 41.1 Å². The van der Waals surface area contributed by atoms with Crippen LogP contribution in [0, 0.1) is 11.6 Å². The summed E-state index contributed by atoms with van der Waals surface area (Å²) in [5.74, 6) is -1.02. The summed E-state index contributed by atoms with van der Waals surface area (Å²) in [6.45, 7) is 2.56. The van der Waals surface area contributed by atoms with Crippen molar-refractivity contribution in [2.45, 2.75) is 19.4 Å². The Morgan fingerprint density at radius 3 is 2.33 bits per heavy atom. The van der Waals surface area contributed by atoms with E-state index in [9.17, 15) is 18.4 Å². The van der Waals surface area contributed by atoms with Gasteiger partial charge in [-0.2, -0.15) is 0 Å². The molecule has 0 spiro atoms. The van der Waals surface area contributed by atoms with Gasteiger partial charge in [0, 0.05) is 5.69 Å². The van der Waals surface area contributed by atoms with Gasteiger partial charge < -0.3 is 9.15 Å². The highest BCUT2D eigenvalue weighted by molar-refractivity contribution is 6.10. The first-order valence-electron chi connectivity index (χ1n) is 10.6. The lowest BCUT2D eigenvalue weighted by molar-refractivity contribution is 0.0971. The van der Waals surface area contributed by atoms with E-state index in [2.05, 4.69) is 0 Å². The Morgan fingerprint density at radius 2 is 1.64 bits per heavy atom. The van der Waals surface area contributed by atoms with Crippen LogP contribution in [0.2, 0.25) is 0 Å². The SMILES string of the molecule is CCCOc1ccc(C2c3c(oc4ccc(F)cc4c3=O)C(=O)N2c2ccc(F)cc2)cc1. The van der Waals surface area contributed by atoms with Crippen molar-refractivity contribution in [3.05, 3.63) is 105 Å². The van der Waals surface area contributed by atoms with Gasteiger partial charge in [0.15, 0.2) is 5.43 Å². The molecular weight excluding hydrogens is 428 g/mol. The van der Waals surface area contributed by atoms with Crippen LogP contribution >= 0.6 is 0 Å². The molecule has 1 amide bonds. The maximum absolute atomic E-state index is 13.9. The maximum Gasteiger partial charge on any atom is 0.295 e. The fraction of sp³-hybridized carbons (Fsp3) is 0.154. The van der Waals surface area contributed by atoms with Crippen LogP contribution in [-0.4, -0.2) is 12.5 Å². The van der Waals surface area contributed by atoms with Crippen molar-refractivity contribution in [2.24, 2.45) is 0 Å². The third-order valence-electron chi connectivity index (χ3n) is 5.61. The first-order chi connectivity index (χ1) is 16.0. The minimum Gasteiger partial charge on any atom is -0.494 e. The van der Waals surface area contributed by atoms with E-state index < -0.39 is 29.0 Å². The van der Waals surface area contributed by atoms with Crippen LogP contribution in [0.15, 0.2) is 75.9 Å². The molecule has 5 nitrogen and oxygen atoms in total. The highest BCUT2D eigenvalue weighted by atomic mass is 19.1. The second-order valence-electron chi connectivity index (χ2n) is 7.79. The molecule has 0 saturated heterocycles. The second kappa shape index (κ2) is 8.16. The van der Waals surface area contributed by atoms with Gasteiger partial charge in [-0.25, -0.2) is 8.78 Å². The molecule has 0 aliphatic carbocycles. The van der Waals surface area contributed by atoms with Gasteiger partial charge in [-0.05, 0) is 66.6 Å². The summed E-state index contributed by atoms with van der Waals surface area (Å²) in [5.41, 5.74) is 0.790. The number of halogens is 2. The summed E-state index contributed by atoms with van der Waals surface area (Å²) in [6.07, 6.45) is 0.856. The van der Waals surface area contributed by atoms with Crippen LogP contribution in [0.3, 0.4) is 0 Å². The zero-order valence-electron chi connectivity index (χ0n) is 17.7. The summed E-state index contributed by atoms with van der Waals surface area (Å²) >= 11 is 0. The van der Waals surface area contributed by atoms with Crippen LogP contribution in [-0.2, 0) is 0 Å². The smallest absolute Gasteiger partial charge is 0.295 e. The standard InChI is InChI=1S/C26H19F2NO4/c1-2-13-32-19-10-3-15(4-11-19)23-22-24(30)20-14-17(28)7-12-21(20)33-25(22)26(31)29(23)18-8-5-16(27)6-9-18/h3-12,14,23H,2,13H2,1H3. The highest BCUT2D eigenvalue weighted by Crippen LogP contribution is 2.41. The lowest BCUT2D eigenvalue weighted by Crippen LogP contribution is -2.29. The number of carbonyl (C=O) groups is 1. The monoisotopic (exact) mass is 447 g/mol. The van der Waals surface area contributed by atoms with E-state index in [1.165, 1.54) is 41.3 Å². The summed E-state index contributed by atoms with van der Waals surface area (Å²) in [6, 6.07) is 15.2. The van der Waals surface area contributed by atoms with Crippen molar-refractivity contribution < 1.29 is 22.7 Å². The average Bonchev–Trinajstić information content (AvgIpc) is 3.11. The zero-order chi connectivity index (χ0) is 23.1. The molecule has 0 fully saturated rings.